The molecule has 1 amide bonds. The quantitative estimate of drug-likeness (QED) is 0.913. The Labute approximate surface area is 142 Å². The molecule has 0 bridgehead atoms. The van der Waals surface area contributed by atoms with E-state index in [4.69, 9.17) is 5.73 Å². The lowest BCUT2D eigenvalue weighted by atomic mass is 10.2. The van der Waals surface area contributed by atoms with Gasteiger partial charge in [-0.3, -0.25) is 4.79 Å². The number of benzene rings is 1. The number of thiazole rings is 1. The molecular weight excluding hydrogens is 334 g/mol. The third-order valence-electron chi connectivity index (χ3n) is 3.94. The van der Waals surface area contributed by atoms with Crippen molar-refractivity contribution in [2.45, 2.75) is 6.42 Å². The molecule has 8 heteroatoms. The molecule has 128 valence electrons. The average molecular weight is 352 g/mol. The van der Waals surface area contributed by atoms with Crippen LogP contribution in [0.1, 0.15) is 15.5 Å². The molecule has 1 aliphatic rings. The number of carbonyl (C=O) groups excluding carboxylic acids is 1. The van der Waals surface area contributed by atoms with Gasteiger partial charge >= 0.3 is 0 Å². The topological polar surface area (TPSA) is 62.5 Å². The molecule has 0 aliphatic carbocycles. The van der Waals surface area contributed by atoms with E-state index < -0.39 is 11.6 Å². The lowest BCUT2D eigenvalue weighted by Crippen LogP contribution is -2.49. The summed E-state index contributed by atoms with van der Waals surface area (Å²) in [5, 5.41) is 2.59. The average Bonchev–Trinajstić information content (AvgIpc) is 3.06. The number of anilines is 1. The number of halogens is 2. The smallest absolute Gasteiger partial charge is 0.273 e. The fourth-order valence-corrected chi connectivity index (χ4v) is 3.48. The summed E-state index contributed by atoms with van der Waals surface area (Å²) < 4.78 is 27.2. The first kappa shape index (κ1) is 16.8. The van der Waals surface area contributed by atoms with Crippen LogP contribution in [0.4, 0.5) is 14.5 Å². The largest absolute Gasteiger partial charge is 0.366 e. The Bertz CT molecular complexity index is 729. The minimum absolute atomic E-state index is 0.131. The summed E-state index contributed by atoms with van der Waals surface area (Å²) >= 11 is 1.43. The molecule has 0 atom stereocenters. The van der Waals surface area contributed by atoms with Crippen LogP contribution in [0.25, 0.3) is 0 Å². The van der Waals surface area contributed by atoms with Crippen LogP contribution in [0.5, 0.6) is 0 Å². The van der Waals surface area contributed by atoms with Crippen molar-refractivity contribution in [3.8, 4) is 0 Å². The number of amides is 1. The van der Waals surface area contributed by atoms with Gasteiger partial charge in [-0.1, -0.05) is 0 Å². The van der Waals surface area contributed by atoms with E-state index in [1.54, 1.807) is 15.2 Å². The fourth-order valence-electron chi connectivity index (χ4n) is 2.69. The van der Waals surface area contributed by atoms with Gasteiger partial charge in [0, 0.05) is 44.0 Å². The molecule has 1 saturated heterocycles. The lowest BCUT2D eigenvalue weighted by molar-refractivity contribution is 0.0741. The third kappa shape index (κ3) is 3.54. The lowest BCUT2D eigenvalue weighted by Gasteiger charge is -2.35. The maximum absolute atomic E-state index is 13.8. The van der Waals surface area contributed by atoms with Crippen molar-refractivity contribution in [1.82, 2.24) is 9.88 Å². The van der Waals surface area contributed by atoms with Gasteiger partial charge in [0.25, 0.3) is 5.91 Å². The molecule has 0 radical (unpaired) electrons. The molecule has 1 aromatic heterocycles. The second kappa shape index (κ2) is 7.23. The molecule has 0 spiro atoms. The molecule has 24 heavy (non-hydrogen) atoms. The maximum atomic E-state index is 13.8. The van der Waals surface area contributed by atoms with Crippen LogP contribution < -0.4 is 10.6 Å². The molecule has 1 aliphatic heterocycles. The third-order valence-corrected chi connectivity index (χ3v) is 4.85. The standard InChI is InChI=1S/C16H18F2N4OS/c17-11-1-2-12(18)14(9-11)21-5-7-22(8-6-21)16(23)13-10-24-15(20-13)3-4-19/h1-2,9-10H,3-8,19H2. The normalized spacial score (nSPS) is 15.0. The van der Waals surface area contributed by atoms with Crippen molar-refractivity contribution in [2.75, 3.05) is 37.6 Å². The summed E-state index contributed by atoms with van der Waals surface area (Å²) in [5.41, 5.74) is 6.15. The van der Waals surface area contributed by atoms with Crippen LogP contribution in [0, 0.1) is 11.6 Å². The zero-order chi connectivity index (χ0) is 17.1. The zero-order valence-electron chi connectivity index (χ0n) is 13.0. The predicted octanol–water partition coefficient (Wildman–Crippen LogP) is 1.88. The highest BCUT2D eigenvalue weighted by molar-refractivity contribution is 7.09. The van der Waals surface area contributed by atoms with E-state index in [1.807, 2.05) is 0 Å². The predicted molar refractivity (Wildman–Crippen MR) is 89.3 cm³/mol. The number of hydrogen-bond acceptors (Lipinski definition) is 5. The van der Waals surface area contributed by atoms with Gasteiger partial charge in [-0.15, -0.1) is 11.3 Å². The first-order chi connectivity index (χ1) is 11.6. The summed E-state index contributed by atoms with van der Waals surface area (Å²) in [6.45, 7) is 2.29. The fraction of sp³-hybridized carbons (Fsp3) is 0.375. The van der Waals surface area contributed by atoms with Gasteiger partial charge < -0.3 is 15.5 Å². The van der Waals surface area contributed by atoms with Gasteiger partial charge in [-0.2, -0.15) is 0 Å². The Morgan fingerprint density at radius 3 is 2.71 bits per heavy atom. The van der Waals surface area contributed by atoms with E-state index in [9.17, 15) is 13.6 Å². The SMILES string of the molecule is NCCc1nc(C(=O)N2CCN(c3cc(F)ccc3F)CC2)cs1. The molecular formula is C16H18F2N4OS. The van der Waals surface area contributed by atoms with E-state index >= 15 is 0 Å². The summed E-state index contributed by atoms with van der Waals surface area (Å²) in [6, 6.07) is 3.41. The number of aromatic nitrogens is 1. The summed E-state index contributed by atoms with van der Waals surface area (Å²) in [5.74, 6) is -1.06. The van der Waals surface area contributed by atoms with Crippen LogP contribution in [0.2, 0.25) is 0 Å². The molecule has 1 fully saturated rings. The second-order valence-corrected chi connectivity index (χ2v) is 6.48. The molecule has 2 heterocycles. The number of nitrogens with two attached hydrogens (primary N) is 1. The van der Waals surface area contributed by atoms with Gasteiger partial charge in [0.1, 0.15) is 17.3 Å². The minimum Gasteiger partial charge on any atom is -0.366 e. The molecule has 0 saturated carbocycles. The van der Waals surface area contributed by atoms with E-state index in [-0.39, 0.29) is 11.6 Å². The Kier molecular flexibility index (Phi) is 5.06. The summed E-state index contributed by atoms with van der Waals surface area (Å²) in [7, 11) is 0. The summed E-state index contributed by atoms with van der Waals surface area (Å²) in [6.07, 6.45) is 0.657. The second-order valence-electron chi connectivity index (χ2n) is 5.54. The van der Waals surface area contributed by atoms with Crippen LogP contribution in [0.3, 0.4) is 0 Å². The van der Waals surface area contributed by atoms with Crippen molar-refractivity contribution in [3.05, 3.63) is 45.9 Å². The molecule has 2 aromatic rings. The number of hydrogen-bond donors (Lipinski definition) is 1. The van der Waals surface area contributed by atoms with Crippen molar-refractivity contribution in [3.63, 3.8) is 0 Å². The van der Waals surface area contributed by atoms with E-state index in [0.717, 1.165) is 17.1 Å². The number of carbonyl (C=O) groups is 1. The van der Waals surface area contributed by atoms with E-state index in [0.29, 0.717) is 44.8 Å². The molecule has 3 rings (SSSR count). The first-order valence-electron chi connectivity index (χ1n) is 7.72. The van der Waals surface area contributed by atoms with Gasteiger partial charge in [-0.05, 0) is 18.7 Å². The minimum atomic E-state index is -0.472. The van der Waals surface area contributed by atoms with Crippen LogP contribution >= 0.6 is 11.3 Å². The highest BCUT2D eigenvalue weighted by atomic mass is 32.1. The molecule has 0 unspecified atom stereocenters. The Morgan fingerprint density at radius 1 is 1.25 bits per heavy atom. The Balaban J connectivity index is 1.63. The van der Waals surface area contributed by atoms with Crippen LogP contribution in [-0.4, -0.2) is 48.5 Å². The van der Waals surface area contributed by atoms with Crippen LogP contribution in [0.15, 0.2) is 23.6 Å². The number of piperazine rings is 1. The van der Waals surface area contributed by atoms with Gasteiger partial charge in [0.2, 0.25) is 0 Å². The van der Waals surface area contributed by atoms with E-state index in [1.165, 1.54) is 17.4 Å². The molecule has 1 aromatic carbocycles. The van der Waals surface area contributed by atoms with E-state index in [2.05, 4.69) is 4.98 Å². The molecule has 2 N–H and O–H groups in total. The first-order valence-corrected chi connectivity index (χ1v) is 8.60. The van der Waals surface area contributed by atoms with Crippen molar-refractivity contribution >= 4 is 22.9 Å². The molecule has 5 nitrogen and oxygen atoms in total. The highest BCUT2D eigenvalue weighted by Crippen LogP contribution is 2.22. The Hall–Kier alpha value is -2.06. The van der Waals surface area contributed by atoms with Crippen molar-refractivity contribution in [1.29, 1.82) is 0 Å². The summed E-state index contributed by atoms with van der Waals surface area (Å²) in [4.78, 5) is 20.2. The van der Waals surface area contributed by atoms with Crippen LogP contribution in [-0.2, 0) is 6.42 Å². The Morgan fingerprint density at radius 2 is 2.00 bits per heavy atom. The monoisotopic (exact) mass is 352 g/mol. The van der Waals surface area contributed by atoms with Crippen molar-refractivity contribution in [2.24, 2.45) is 5.73 Å². The zero-order valence-corrected chi connectivity index (χ0v) is 13.9. The van der Waals surface area contributed by atoms with Gasteiger partial charge in [0.05, 0.1) is 10.7 Å². The highest BCUT2D eigenvalue weighted by Gasteiger charge is 2.25. The number of rotatable bonds is 4. The number of nitrogens with zero attached hydrogens (tertiary/aromatic N) is 3. The van der Waals surface area contributed by atoms with Crippen molar-refractivity contribution < 1.29 is 13.6 Å². The maximum Gasteiger partial charge on any atom is 0.273 e. The van der Waals surface area contributed by atoms with Gasteiger partial charge in [0.15, 0.2) is 0 Å². The van der Waals surface area contributed by atoms with Gasteiger partial charge in [-0.25, -0.2) is 13.8 Å².